The van der Waals surface area contributed by atoms with Crippen molar-refractivity contribution in [1.82, 2.24) is 9.55 Å². The molecule has 0 saturated heterocycles. The predicted molar refractivity (Wildman–Crippen MR) is 157 cm³/mol. The van der Waals surface area contributed by atoms with Crippen molar-refractivity contribution in [1.29, 1.82) is 0 Å². The summed E-state index contributed by atoms with van der Waals surface area (Å²) in [5, 5.41) is 9.48. The van der Waals surface area contributed by atoms with E-state index in [2.05, 4.69) is 4.57 Å². The largest absolute Gasteiger partial charge is 0.489 e. The maximum absolute atomic E-state index is 12.8. The molecule has 1 aliphatic carbocycles. The molecule has 0 radical (unpaired) electrons. The van der Waals surface area contributed by atoms with E-state index < -0.39 is 17.7 Å². The molecule has 220 valence electrons. The number of rotatable bonds is 8. The number of hydrogen-bond acceptors (Lipinski definition) is 4. The fourth-order valence-corrected chi connectivity index (χ4v) is 5.54. The third kappa shape index (κ3) is 6.35. The van der Waals surface area contributed by atoms with E-state index in [1.807, 2.05) is 30.3 Å². The fourth-order valence-electron chi connectivity index (χ4n) is 5.54. The molecule has 6 nitrogen and oxygen atoms in total. The van der Waals surface area contributed by atoms with E-state index in [-0.39, 0.29) is 12.2 Å². The van der Waals surface area contributed by atoms with Gasteiger partial charge in [-0.25, -0.2) is 9.78 Å². The SMILES string of the molecule is O=C(O)c1ccc2c(c1)nc(-c1ccc(Oc3cccc(OCc4ccc(C(F)(F)F)cc4)c3)cc1)n2C1CCCCC1. The summed E-state index contributed by atoms with van der Waals surface area (Å²) >= 11 is 0. The monoisotopic (exact) mass is 586 g/mol. The molecule has 0 atom stereocenters. The smallest absolute Gasteiger partial charge is 0.416 e. The number of imidazole rings is 1. The lowest BCUT2D eigenvalue weighted by molar-refractivity contribution is -0.137. The van der Waals surface area contributed by atoms with Crippen LogP contribution in [0.2, 0.25) is 0 Å². The fraction of sp³-hybridized carbons (Fsp3) is 0.235. The van der Waals surface area contributed by atoms with Crippen molar-refractivity contribution in [3.05, 3.63) is 108 Å². The molecule has 1 saturated carbocycles. The molecule has 1 fully saturated rings. The van der Waals surface area contributed by atoms with Gasteiger partial charge in [-0.15, -0.1) is 0 Å². The number of carbonyl (C=O) groups is 1. The molecule has 0 unspecified atom stereocenters. The summed E-state index contributed by atoms with van der Waals surface area (Å²) < 4.78 is 52.5. The minimum Gasteiger partial charge on any atom is -0.489 e. The van der Waals surface area contributed by atoms with E-state index in [0.717, 1.165) is 54.7 Å². The van der Waals surface area contributed by atoms with Gasteiger partial charge in [0.15, 0.2) is 0 Å². The van der Waals surface area contributed by atoms with Crippen molar-refractivity contribution < 1.29 is 32.5 Å². The van der Waals surface area contributed by atoms with E-state index in [1.54, 1.807) is 36.4 Å². The van der Waals surface area contributed by atoms with Gasteiger partial charge in [0, 0.05) is 17.7 Å². The van der Waals surface area contributed by atoms with Gasteiger partial charge < -0.3 is 19.1 Å². The highest BCUT2D eigenvalue weighted by Gasteiger charge is 2.30. The van der Waals surface area contributed by atoms with Gasteiger partial charge in [-0.1, -0.05) is 37.5 Å². The Morgan fingerprint density at radius 3 is 2.28 bits per heavy atom. The maximum Gasteiger partial charge on any atom is 0.416 e. The lowest BCUT2D eigenvalue weighted by atomic mass is 9.95. The second-order valence-electron chi connectivity index (χ2n) is 10.7. The summed E-state index contributed by atoms with van der Waals surface area (Å²) in [6.45, 7) is 0.117. The van der Waals surface area contributed by atoms with Crippen molar-refractivity contribution in [2.45, 2.75) is 50.9 Å². The number of alkyl halides is 3. The van der Waals surface area contributed by atoms with Crippen LogP contribution in [0.25, 0.3) is 22.4 Å². The van der Waals surface area contributed by atoms with Crippen LogP contribution < -0.4 is 9.47 Å². The molecule has 0 spiro atoms. The Morgan fingerprint density at radius 2 is 1.58 bits per heavy atom. The first-order valence-corrected chi connectivity index (χ1v) is 14.2. The topological polar surface area (TPSA) is 73.6 Å². The van der Waals surface area contributed by atoms with Crippen molar-refractivity contribution >= 4 is 17.0 Å². The molecule has 1 N–H and O–H groups in total. The molecule has 0 bridgehead atoms. The first kappa shape index (κ1) is 28.3. The van der Waals surface area contributed by atoms with Gasteiger partial charge in [0.2, 0.25) is 0 Å². The average molecular weight is 587 g/mol. The number of carboxylic acid groups (broad SMARTS) is 1. The first-order chi connectivity index (χ1) is 20.7. The van der Waals surface area contributed by atoms with E-state index in [1.165, 1.54) is 18.6 Å². The zero-order chi connectivity index (χ0) is 30.0. The van der Waals surface area contributed by atoms with E-state index in [4.69, 9.17) is 14.5 Å². The number of benzene rings is 4. The summed E-state index contributed by atoms with van der Waals surface area (Å²) in [5.74, 6) is 1.50. The van der Waals surface area contributed by atoms with E-state index >= 15 is 0 Å². The Hall–Kier alpha value is -4.79. The standard InChI is InChI=1S/C34H29F3N2O4/c35-34(36,37)25-14-9-22(10-15-25)21-42-28-7-4-8-29(20-28)43-27-16-11-23(12-17-27)32-38-30-19-24(33(40)41)13-18-31(30)39(32)26-5-2-1-3-6-26/h4,7-20,26H,1-3,5-6,21H2,(H,40,41). The lowest BCUT2D eigenvalue weighted by Gasteiger charge is -2.25. The van der Waals surface area contributed by atoms with Crippen LogP contribution in [-0.2, 0) is 12.8 Å². The number of hydrogen-bond donors (Lipinski definition) is 1. The Kier molecular flexibility index (Phi) is 7.80. The van der Waals surface area contributed by atoms with E-state index in [0.29, 0.717) is 34.4 Å². The van der Waals surface area contributed by atoms with Crippen molar-refractivity contribution in [3.8, 4) is 28.6 Å². The third-order valence-electron chi connectivity index (χ3n) is 7.72. The summed E-state index contributed by atoms with van der Waals surface area (Å²) in [6, 6.07) is 25.0. The van der Waals surface area contributed by atoms with Crippen LogP contribution in [0.5, 0.6) is 17.2 Å². The average Bonchev–Trinajstić information content (AvgIpc) is 3.40. The second kappa shape index (κ2) is 11.8. The zero-order valence-electron chi connectivity index (χ0n) is 23.2. The van der Waals surface area contributed by atoms with Gasteiger partial charge in [-0.2, -0.15) is 13.2 Å². The van der Waals surface area contributed by atoms with Crippen LogP contribution in [-0.4, -0.2) is 20.6 Å². The summed E-state index contributed by atoms with van der Waals surface area (Å²) in [5.41, 5.74) is 2.63. The molecule has 1 aromatic heterocycles. The van der Waals surface area contributed by atoms with Crippen LogP contribution in [0, 0.1) is 0 Å². The van der Waals surface area contributed by atoms with Gasteiger partial charge >= 0.3 is 12.1 Å². The molecule has 1 heterocycles. The van der Waals surface area contributed by atoms with Crippen molar-refractivity contribution in [2.75, 3.05) is 0 Å². The zero-order valence-corrected chi connectivity index (χ0v) is 23.2. The molecule has 0 aliphatic heterocycles. The normalized spacial score (nSPS) is 14.1. The number of halogens is 3. The van der Waals surface area contributed by atoms with Crippen LogP contribution in [0.15, 0.2) is 91.0 Å². The number of nitrogens with zero attached hydrogens (tertiary/aromatic N) is 2. The highest BCUT2D eigenvalue weighted by molar-refractivity contribution is 5.93. The molecular formula is C34H29F3N2O4. The molecule has 9 heteroatoms. The highest BCUT2D eigenvalue weighted by atomic mass is 19.4. The van der Waals surface area contributed by atoms with Crippen LogP contribution in [0.4, 0.5) is 13.2 Å². The lowest BCUT2D eigenvalue weighted by Crippen LogP contribution is -2.14. The van der Waals surface area contributed by atoms with Gasteiger partial charge in [-0.05, 0) is 85.1 Å². The van der Waals surface area contributed by atoms with Crippen LogP contribution in [0.3, 0.4) is 0 Å². The van der Waals surface area contributed by atoms with Gasteiger partial charge in [0.05, 0.1) is 22.2 Å². The number of carboxylic acids is 1. The molecule has 0 amide bonds. The second-order valence-corrected chi connectivity index (χ2v) is 10.7. The number of aromatic carboxylic acids is 1. The minimum absolute atomic E-state index is 0.117. The minimum atomic E-state index is -4.38. The highest BCUT2D eigenvalue weighted by Crippen LogP contribution is 2.37. The van der Waals surface area contributed by atoms with Crippen LogP contribution in [0.1, 0.15) is 59.6 Å². The Labute approximate surface area is 246 Å². The first-order valence-electron chi connectivity index (χ1n) is 14.2. The Bertz CT molecular complexity index is 1740. The summed E-state index contributed by atoms with van der Waals surface area (Å²) in [6.07, 6.45) is 1.25. The maximum atomic E-state index is 12.8. The Morgan fingerprint density at radius 1 is 0.860 bits per heavy atom. The van der Waals surface area contributed by atoms with Gasteiger partial charge in [-0.3, -0.25) is 0 Å². The number of fused-ring (bicyclic) bond motifs is 1. The molecule has 6 rings (SSSR count). The third-order valence-corrected chi connectivity index (χ3v) is 7.72. The molecule has 43 heavy (non-hydrogen) atoms. The molecule has 1 aliphatic rings. The molecular weight excluding hydrogens is 557 g/mol. The Balaban J connectivity index is 1.19. The van der Waals surface area contributed by atoms with E-state index in [9.17, 15) is 23.1 Å². The summed E-state index contributed by atoms with van der Waals surface area (Å²) in [4.78, 5) is 16.4. The number of aromatic nitrogens is 2. The summed E-state index contributed by atoms with van der Waals surface area (Å²) in [7, 11) is 0. The van der Waals surface area contributed by atoms with Crippen LogP contribution >= 0.6 is 0 Å². The quantitative estimate of drug-likeness (QED) is 0.196. The molecule has 5 aromatic rings. The van der Waals surface area contributed by atoms with Gasteiger partial charge in [0.1, 0.15) is 29.7 Å². The predicted octanol–water partition coefficient (Wildman–Crippen LogP) is 9.30. The molecule has 4 aromatic carbocycles. The van der Waals surface area contributed by atoms with Crippen molar-refractivity contribution in [3.63, 3.8) is 0 Å². The van der Waals surface area contributed by atoms with Crippen molar-refractivity contribution in [2.24, 2.45) is 0 Å². The van der Waals surface area contributed by atoms with Gasteiger partial charge in [0.25, 0.3) is 0 Å². The number of ether oxygens (including phenoxy) is 2.